The van der Waals surface area contributed by atoms with Crippen LogP contribution in [-0.2, 0) is 21.7 Å². The maximum atomic E-state index is 2.61. The molecule has 0 fully saturated rings. The van der Waals surface area contributed by atoms with Crippen molar-refractivity contribution in [2.75, 3.05) is 0 Å². The average molecular weight is 1650 g/mol. The van der Waals surface area contributed by atoms with Crippen LogP contribution in [0.2, 0.25) is 0 Å². The highest BCUT2D eigenvalue weighted by molar-refractivity contribution is 6.42. The van der Waals surface area contributed by atoms with Crippen LogP contribution in [0, 0.1) is 6.92 Å². The summed E-state index contributed by atoms with van der Waals surface area (Å²) in [7, 11) is 0. The lowest BCUT2D eigenvalue weighted by atomic mass is 9.71. The summed E-state index contributed by atoms with van der Waals surface area (Å²) in [5.74, 6) is 0. The van der Waals surface area contributed by atoms with Crippen molar-refractivity contribution in [3.8, 4) is 189 Å². The van der Waals surface area contributed by atoms with Crippen molar-refractivity contribution >= 4 is 43.1 Å². The largest absolute Gasteiger partial charge is 0.0622 e. The molecule has 0 aromatic heterocycles. The fourth-order valence-corrected chi connectivity index (χ4v) is 21.9. The molecule has 0 nitrogen and oxygen atoms in total. The molecular formula is C129H104. The zero-order valence-corrected chi connectivity index (χ0v) is 76.0. The van der Waals surface area contributed by atoms with Gasteiger partial charge in [-0.2, -0.15) is 0 Å². The molecule has 0 amide bonds. The van der Waals surface area contributed by atoms with Crippen LogP contribution in [0.15, 0.2) is 394 Å². The molecule has 0 saturated carbocycles. The van der Waals surface area contributed by atoms with Crippen LogP contribution < -0.4 is 0 Å². The lowest BCUT2D eigenvalue weighted by Gasteiger charge is -2.32. The van der Waals surface area contributed by atoms with Gasteiger partial charge in [0, 0.05) is 0 Å². The van der Waals surface area contributed by atoms with Crippen LogP contribution in [0.5, 0.6) is 0 Å². The number of hydrogen-bond donors (Lipinski definition) is 0. The summed E-state index contributed by atoms with van der Waals surface area (Å²) in [6, 6.07) is 152. The third kappa shape index (κ3) is 13.1. The topological polar surface area (TPSA) is 0 Å². The molecule has 0 spiro atoms. The van der Waals surface area contributed by atoms with Gasteiger partial charge < -0.3 is 0 Å². The van der Waals surface area contributed by atoms with Gasteiger partial charge in [0.2, 0.25) is 0 Å². The van der Waals surface area contributed by atoms with E-state index in [1.807, 2.05) is 0 Å². The van der Waals surface area contributed by atoms with Crippen LogP contribution in [-0.4, -0.2) is 0 Å². The van der Waals surface area contributed by atoms with Gasteiger partial charge in [0.25, 0.3) is 0 Å². The minimum absolute atomic E-state index is 0.242. The predicted molar refractivity (Wildman–Crippen MR) is 556 cm³/mol. The Kier molecular flexibility index (Phi) is 19.2. The quantitative estimate of drug-likeness (QED) is 0.101. The van der Waals surface area contributed by atoms with Crippen molar-refractivity contribution in [2.24, 2.45) is 0 Å². The number of hydrogen-bond acceptors (Lipinski definition) is 0. The van der Waals surface area contributed by atoms with Crippen LogP contribution in [0.4, 0.5) is 0 Å². The van der Waals surface area contributed by atoms with Crippen molar-refractivity contribution in [3.63, 3.8) is 0 Å². The average Bonchev–Trinajstić information content (AvgIpc) is 1.50. The maximum absolute atomic E-state index is 2.61. The standard InChI is InChI=1S/C129H104/c1-79-101(80-47-25-14-26-48-80)103(82-51-29-16-30-52-82)121-111(90-67-45-24-46-68-90)125-109(88-63-41-22-42-64-88)117-98-70-72-100-115-99(71-69-97(114(98)115)116(117)108(87-61-39-21-40-62-87)124(125)110(89-65-43-23-44-66-89)120(121)102(79)81-49-27-15-28-50-81)118-112(91-73-93(126(2,3)4)77-94(74-91)127(5,6)7)122-106(85-57-35-19-36-58-85)104(83-53-31-17-32-54-83)105(84-55-33-18-34-56-84)107(86-59-37-20-38-60-86)123(122)113(119(100)118)92-75-95(128(8,9)10)78-96(76-92)129(11,12)13/h14-78H,1-13H3. The van der Waals surface area contributed by atoms with Crippen molar-refractivity contribution in [1.82, 2.24) is 0 Å². The number of fused-ring (bicyclic) bond motifs is 9. The van der Waals surface area contributed by atoms with E-state index in [9.17, 15) is 0 Å². The summed E-state index contributed by atoms with van der Waals surface area (Å²) in [6.45, 7) is 31.3. The van der Waals surface area contributed by atoms with E-state index in [-0.39, 0.29) is 21.7 Å². The van der Waals surface area contributed by atoms with Crippen LogP contribution in [0.1, 0.15) is 111 Å². The minimum Gasteiger partial charge on any atom is -0.0622 e. The van der Waals surface area contributed by atoms with Crippen molar-refractivity contribution in [1.29, 1.82) is 0 Å². The van der Waals surface area contributed by atoms with Gasteiger partial charge >= 0.3 is 0 Å². The fraction of sp³-hybridized carbons (Fsp3) is 0.132. The van der Waals surface area contributed by atoms with Gasteiger partial charge in [0.15, 0.2) is 0 Å². The Morgan fingerprint density at radius 1 is 0.124 bits per heavy atom. The number of rotatable bonds is 13. The first-order valence-corrected chi connectivity index (χ1v) is 46.1. The second-order valence-electron chi connectivity index (χ2n) is 39.9. The highest BCUT2D eigenvalue weighted by atomic mass is 14.5. The Balaban J connectivity index is 1.03. The summed E-state index contributed by atoms with van der Waals surface area (Å²) < 4.78 is 0. The monoisotopic (exact) mass is 1650 g/mol. The molecule has 0 unspecified atom stereocenters. The van der Waals surface area contributed by atoms with Gasteiger partial charge in [-0.25, -0.2) is 0 Å². The first kappa shape index (κ1) is 80.3. The van der Waals surface area contributed by atoms with E-state index in [1.165, 1.54) is 210 Å². The molecule has 0 bridgehead atoms. The molecule has 0 heteroatoms. The molecule has 0 saturated heterocycles. The van der Waals surface area contributed by atoms with Crippen molar-refractivity contribution in [2.45, 2.75) is 112 Å². The smallest absolute Gasteiger partial charge is 0.0000925 e. The molecule has 20 aromatic carbocycles. The van der Waals surface area contributed by atoms with E-state index >= 15 is 0 Å². The highest BCUT2D eigenvalue weighted by Crippen LogP contribution is 2.70. The van der Waals surface area contributed by atoms with Crippen LogP contribution in [0.3, 0.4) is 0 Å². The lowest BCUT2D eigenvalue weighted by molar-refractivity contribution is 0.568. The lowest BCUT2D eigenvalue weighted by Crippen LogP contribution is -2.17. The van der Waals surface area contributed by atoms with Gasteiger partial charge in [-0.3, -0.25) is 0 Å². The third-order valence-electron chi connectivity index (χ3n) is 27.8. The Bertz CT molecular complexity index is 7560. The van der Waals surface area contributed by atoms with Gasteiger partial charge in [-0.05, 0) is 289 Å². The molecular weight excluding hydrogens is 1550 g/mol. The highest BCUT2D eigenvalue weighted by Gasteiger charge is 2.43. The summed E-state index contributed by atoms with van der Waals surface area (Å²) in [4.78, 5) is 0. The minimum atomic E-state index is -0.242. The second-order valence-corrected chi connectivity index (χ2v) is 39.9. The Morgan fingerprint density at radius 3 is 0.496 bits per heavy atom. The van der Waals surface area contributed by atoms with Gasteiger partial charge in [0.05, 0.1) is 0 Å². The van der Waals surface area contributed by atoms with Crippen LogP contribution in [0.25, 0.3) is 232 Å². The maximum Gasteiger partial charge on any atom is -0.0000925 e. The van der Waals surface area contributed by atoms with E-state index in [2.05, 4.69) is 484 Å². The first-order chi connectivity index (χ1) is 62.6. The molecule has 0 aliphatic heterocycles. The normalized spacial score (nSPS) is 12.4. The zero-order chi connectivity index (χ0) is 88.1. The molecule has 0 radical (unpaired) electrons. The molecule has 0 heterocycles. The van der Waals surface area contributed by atoms with Gasteiger partial charge in [-0.1, -0.05) is 477 Å². The molecule has 20 aromatic rings. The fourth-order valence-electron chi connectivity index (χ4n) is 21.9. The van der Waals surface area contributed by atoms with E-state index in [1.54, 1.807) is 0 Å². The summed E-state index contributed by atoms with van der Waals surface area (Å²) in [6.07, 6.45) is 0. The molecule has 22 rings (SSSR count). The molecule has 129 heavy (non-hydrogen) atoms. The molecule has 0 N–H and O–H groups in total. The van der Waals surface area contributed by atoms with Crippen molar-refractivity contribution < 1.29 is 0 Å². The molecule has 2 aliphatic carbocycles. The van der Waals surface area contributed by atoms with Gasteiger partial charge in [-0.15, -0.1) is 0 Å². The van der Waals surface area contributed by atoms with Crippen molar-refractivity contribution in [3.05, 3.63) is 422 Å². The predicted octanol–water partition coefficient (Wildman–Crippen LogP) is 36.8. The molecule has 2 aliphatic rings. The second kappa shape index (κ2) is 30.9. The summed E-state index contributed by atoms with van der Waals surface area (Å²) in [5, 5.41) is 9.85. The first-order valence-electron chi connectivity index (χ1n) is 46.1. The van der Waals surface area contributed by atoms with E-state index in [0.29, 0.717) is 0 Å². The van der Waals surface area contributed by atoms with Gasteiger partial charge in [0.1, 0.15) is 0 Å². The summed E-state index contributed by atoms with van der Waals surface area (Å²) >= 11 is 0. The van der Waals surface area contributed by atoms with E-state index in [4.69, 9.17) is 0 Å². The Morgan fingerprint density at radius 2 is 0.279 bits per heavy atom. The SMILES string of the molecule is Cc1c(-c2ccccc2)c(-c2ccccc2)c2c(-c3ccccc3)c3c(-c4ccccc4)c4c(c(-c5ccccc5)c3c(-c3ccccc3)c2c1-c1ccccc1)-c1ccc2c3c(ccc-4c13)-c1c-2c(-c2cc(C(C)(C)C)cc(C(C)(C)C)c2)c2c(-c3ccccc3)c(-c3ccccc3)c(-c3ccccc3)c(-c3ccccc3)c2c1-c1cc(C(C)(C)C)cc(C(C)(C)C)c1. The Labute approximate surface area is 760 Å². The summed E-state index contributed by atoms with van der Waals surface area (Å²) in [5.41, 5.74) is 46.2. The van der Waals surface area contributed by atoms with E-state index in [0.717, 1.165) is 50.1 Å². The molecule has 0 atom stereocenters. The van der Waals surface area contributed by atoms with E-state index < -0.39 is 0 Å². The molecule has 620 valence electrons. The zero-order valence-electron chi connectivity index (χ0n) is 76.0. The Hall–Kier alpha value is -14.6. The number of benzene rings is 20. The van der Waals surface area contributed by atoms with Crippen LogP contribution >= 0.6 is 0 Å². The third-order valence-corrected chi connectivity index (χ3v) is 27.8.